The first-order valence-electron chi connectivity index (χ1n) is 5.19. The lowest BCUT2D eigenvalue weighted by molar-refractivity contribution is 0.475. The van der Waals surface area contributed by atoms with E-state index in [1.165, 1.54) is 24.3 Å². The van der Waals surface area contributed by atoms with Crippen molar-refractivity contribution >= 4 is 46.4 Å². The molecule has 6 heteroatoms. The lowest BCUT2D eigenvalue weighted by Crippen LogP contribution is -2.13. The van der Waals surface area contributed by atoms with Gasteiger partial charge in [0.2, 0.25) is 0 Å². The number of phenolic OH excluding ortho intramolecular Hbond substituents is 2. The molecule has 2 rings (SSSR count). The molecule has 0 spiro atoms. The standard InChI is InChI=1S/C13H8Cl4O2/c14-11-9(5-6-10(19)12(11)15)13(16,17)7-1-3-8(18)4-2-7/h1-6,18-19H. The molecule has 0 fully saturated rings. The van der Waals surface area contributed by atoms with Gasteiger partial charge >= 0.3 is 0 Å². The molecule has 0 aliphatic rings. The molecular weight excluding hydrogens is 330 g/mol. The zero-order chi connectivity index (χ0) is 14.2. The Hall–Kier alpha value is -0.800. The fourth-order valence-corrected chi connectivity index (χ4v) is 2.74. The second kappa shape index (κ2) is 5.29. The Bertz CT molecular complexity index is 609. The van der Waals surface area contributed by atoms with E-state index in [1.54, 1.807) is 12.1 Å². The molecule has 2 aromatic carbocycles. The van der Waals surface area contributed by atoms with Crippen molar-refractivity contribution in [1.82, 2.24) is 0 Å². The predicted molar refractivity (Wildman–Crippen MR) is 78.7 cm³/mol. The Balaban J connectivity index is 2.56. The summed E-state index contributed by atoms with van der Waals surface area (Å²) in [5.74, 6) is -0.0482. The molecule has 0 saturated heterocycles. The van der Waals surface area contributed by atoms with Gasteiger partial charge in [0, 0.05) is 5.56 Å². The number of phenols is 2. The number of benzene rings is 2. The minimum Gasteiger partial charge on any atom is -0.508 e. The minimum absolute atomic E-state index is 0.0105. The molecular formula is C13H8Cl4O2. The van der Waals surface area contributed by atoms with Crippen molar-refractivity contribution in [2.24, 2.45) is 0 Å². The van der Waals surface area contributed by atoms with Gasteiger partial charge in [-0.2, -0.15) is 0 Å². The van der Waals surface area contributed by atoms with Gasteiger partial charge in [-0.3, -0.25) is 0 Å². The molecule has 2 N–H and O–H groups in total. The van der Waals surface area contributed by atoms with Gasteiger partial charge in [-0.05, 0) is 23.8 Å². The number of aromatic hydroxyl groups is 2. The number of rotatable bonds is 2. The van der Waals surface area contributed by atoms with Crippen LogP contribution in [0.2, 0.25) is 10.0 Å². The molecule has 0 radical (unpaired) electrons. The van der Waals surface area contributed by atoms with E-state index in [0.717, 1.165) is 0 Å². The maximum Gasteiger partial charge on any atom is 0.169 e. The molecule has 0 heterocycles. The molecule has 0 saturated carbocycles. The maximum atomic E-state index is 9.46. The average Bonchev–Trinajstić information content (AvgIpc) is 2.36. The van der Waals surface area contributed by atoms with Crippen LogP contribution in [0.5, 0.6) is 11.5 Å². The number of hydrogen-bond acceptors (Lipinski definition) is 2. The van der Waals surface area contributed by atoms with Gasteiger partial charge in [-0.1, -0.05) is 64.6 Å². The highest BCUT2D eigenvalue weighted by molar-refractivity contribution is 6.52. The summed E-state index contributed by atoms with van der Waals surface area (Å²) in [5, 5.41) is 18.8. The Kier molecular flexibility index (Phi) is 4.07. The second-order valence-corrected chi connectivity index (χ2v) is 5.96. The summed E-state index contributed by atoms with van der Waals surface area (Å²) in [6.07, 6.45) is 0. The van der Waals surface area contributed by atoms with Crippen LogP contribution in [-0.2, 0) is 4.33 Å². The van der Waals surface area contributed by atoms with E-state index < -0.39 is 4.33 Å². The summed E-state index contributed by atoms with van der Waals surface area (Å²) < 4.78 is -1.44. The van der Waals surface area contributed by atoms with Crippen molar-refractivity contribution in [3.63, 3.8) is 0 Å². The summed E-state index contributed by atoms with van der Waals surface area (Å²) in [7, 11) is 0. The van der Waals surface area contributed by atoms with Crippen LogP contribution in [0, 0.1) is 0 Å². The molecule has 0 amide bonds. The third-order valence-electron chi connectivity index (χ3n) is 2.63. The van der Waals surface area contributed by atoms with Crippen molar-refractivity contribution in [2.45, 2.75) is 4.33 Å². The Morgan fingerprint density at radius 2 is 1.37 bits per heavy atom. The Morgan fingerprint density at radius 3 is 1.95 bits per heavy atom. The monoisotopic (exact) mass is 336 g/mol. The van der Waals surface area contributed by atoms with Crippen LogP contribution < -0.4 is 0 Å². The normalized spacial score (nSPS) is 11.6. The summed E-state index contributed by atoms with van der Waals surface area (Å²) in [5.41, 5.74) is 0.878. The number of halogens is 4. The van der Waals surface area contributed by atoms with Gasteiger partial charge in [-0.25, -0.2) is 0 Å². The van der Waals surface area contributed by atoms with Crippen molar-refractivity contribution in [2.75, 3.05) is 0 Å². The first-order chi connectivity index (χ1) is 8.84. The van der Waals surface area contributed by atoms with E-state index in [0.29, 0.717) is 11.1 Å². The molecule has 2 aromatic rings. The Morgan fingerprint density at radius 1 is 0.789 bits per heavy atom. The lowest BCUT2D eigenvalue weighted by atomic mass is 10.0. The summed E-state index contributed by atoms with van der Waals surface area (Å²) >= 11 is 24.6. The third-order valence-corrected chi connectivity index (χ3v) is 4.35. The van der Waals surface area contributed by atoms with E-state index >= 15 is 0 Å². The number of alkyl halides is 2. The third kappa shape index (κ3) is 2.72. The van der Waals surface area contributed by atoms with Gasteiger partial charge in [0.25, 0.3) is 0 Å². The van der Waals surface area contributed by atoms with E-state index in [1.807, 2.05) is 0 Å². The molecule has 100 valence electrons. The van der Waals surface area contributed by atoms with Crippen LogP contribution in [0.4, 0.5) is 0 Å². The zero-order valence-electron chi connectivity index (χ0n) is 9.37. The van der Waals surface area contributed by atoms with Gasteiger partial charge < -0.3 is 10.2 Å². The van der Waals surface area contributed by atoms with Crippen LogP contribution in [-0.4, -0.2) is 10.2 Å². The molecule has 2 nitrogen and oxygen atoms in total. The fourth-order valence-electron chi connectivity index (χ4n) is 1.61. The molecule has 0 unspecified atom stereocenters. The van der Waals surface area contributed by atoms with Crippen LogP contribution >= 0.6 is 46.4 Å². The SMILES string of the molecule is Oc1ccc(C(Cl)(Cl)c2ccc(O)c(Cl)c2Cl)cc1. The molecule has 0 aliphatic carbocycles. The lowest BCUT2D eigenvalue weighted by Gasteiger charge is -2.22. The minimum atomic E-state index is -1.44. The largest absolute Gasteiger partial charge is 0.508 e. The average molecular weight is 338 g/mol. The van der Waals surface area contributed by atoms with Gasteiger partial charge in [0.1, 0.15) is 16.5 Å². The van der Waals surface area contributed by atoms with Crippen molar-refractivity contribution < 1.29 is 10.2 Å². The molecule has 0 atom stereocenters. The van der Waals surface area contributed by atoms with Crippen molar-refractivity contribution in [3.8, 4) is 11.5 Å². The Labute approximate surface area is 130 Å². The van der Waals surface area contributed by atoms with Crippen LogP contribution in [0.15, 0.2) is 36.4 Å². The maximum absolute atomic E-state index is 9.46. The fraction of sp³-hybridized carbons (Fsp3) is 0.0769. The molecule has 0 aliphatic heterocycles. The van der Waals surface area contributed by atoms with E-state index in [9.17, 15) is 10.2 Å². The quantitative estimate of drug-likeness (QED) is 0.750. The van der Waals surface area contributed by atoms with Gasteiger partial charge in [0.15, 0.2) is 4.33 Å². The first-order valence-corrected chi connectivity index (χ1v) is 6.70. The second-order valence-electron chi connectivity index (χ2n) is 3.88. The van der Waals surface area contributed by atoms with Crippen molar-refractivity contribution in [1.29, 1.82) is 0 Å². The summed E-state index contributed by atoms with van der Waals surface area (Å²) in [6.45, 7) is 0. The first kappa shape index (κ1) is 14.6. The highest BCUT2D eigenvalue weighted by Gasteiger charge is 2.32. The van der Waals surface area contributed by atoms with Gasteiger partial charge in [0.05, 0.1) is 5.02 Å². The summed E-state index contributed by atoms with van der Waals surface area (Å²) in [6, 6.07) is 8.94. The van der Waals surface area contributed by atoms with Crippen LogP contribution in [0.25, 0.3) is 0 Å². The molecule has 0 bridgehead atoms. The van der Waals surface area contributed by atoms with Crippen LogP contribution in [0.3, 0.4) is 0 Å². The van der Waals surface area contributed by atoms with Crippen LogP contribution in [0.1, 0.15) is 11.1 Å². The predicted octanol–water partition coefficient (Wildman–Crippen LogP) is 5.08. The van der Waals surface area contributed by atoms with Gasteiger partial charge in [-0.15, -0.1) is 0 Å². The highest BCUT2D eigenvalue weighted by atomic mass is 35.5. The van der Waals surface area contributed by atoms with E-state index in [4.69, 9.17) is 46.4 Å². The highest BCUT2D eigenvalue weighted by Crippen LogP contribution is 2.47. The smallest absolute Gasteiger partial charge is 0.169 e. The van der Waals surface area contributed by atoms with Crippen molar-refractivity contribution in [3.05, 3.63) is 57.6 Å². The molecule has 0 aromatic heterocycles. The zero-order valence-corrected chi connectivity index (χ0v) is 12.4. The molecule has 19 heavy (non-hydrogen) atoms. The van der Waals surface area contributed by atoms with E-state index in [-0.39, 0.29) is 21.5 Å². The summed E-state index contributed by atoms with van der Waals surface area (Å²) in [4.78, 5) is 0. The number of hydrogen-bond donors (Lipinski definition) is 2. The topological polar surface area (TPSA) is 40.5 Å². The van der Waals surface area contributed by atoms with E-state index in [2.05, 4.69) is 0 Å².